The Kier molecular flexibility index (Phi) is 3.63. The molecule has 1 unspecified atom stereocenters. The van der Waals surface area contributed by atoms with E-state index in [4.69, 9.17) is 9.94 Å². The first-order chi connectivity index (χ1) is 8.55. The highest BCUT2D eigenvalue weighted by Crippen LogP contribution is 2.27. The molecule has 0 spiro atoms. The second kappa shape index (κ2) is 5.03. The minimum absolute atomic E-state index is 0.181. The smallest absolute Gasteiger partial charge is 0.258 e. The van der Waals surface area contributed by atoms with Crippen molar-refractivity contribution < 1.29 is 14.7 Å². The van der Waals surface area contributed by atoms with Crippen LogP contribution in [0.4, 0.5) is 5.13 Å². The van der Waals surface area contributed by atoms with Gasteiger partial charge < -0.3 is 9.94 Å². The predicted octanol–water partition coefficient (Wildman–Crippen LogP) is 1.85. The molecular formula is C11H15N3O3S. The van der Waals surface area contributed by atoms with Crippen molar-refractivity contribution in [3.63, 3.8) is 0 Å². The third kappa shape index (κ3) is 2.51. The number of carbonyl (C=O) groups is 1. The SMILES string of the molecule is CC(=NO)c1csc(NC(=O)C2(C)CCCO2)n1. The molecule has 1 saturated heterocycles. The molecule has 0 radical (unpaired) electrons. The zero-order valence-corrected chi connectivity index (χ0v) is 11.1. The van der Waals surface area contributed by atoms with Crippen molar-refractivity contribution in [1.82, 2.24) is 4.98 Å². The van der Waals surface area contributed by atoms with Crippen LogP contribution in [0.5, 0.6) is 0 Å². The van der Waals surface area contributed by atoms with Gasteiger partial charge in [0.05, 0.1) is 0 Å². The molecule has 18 heavy (non-hydrogen) atoms. The Bertz CT molecular complexity index is 478. The van der Waals surface area contributed by atoms with E-state index in [1.54, 1.807) is 19.2 Å². The van der Waals surface area contributed by atoms with Crippen LogP contribution in [0.15, 0.2) is 10.5 Å². The fourth-order valence-corrected chi connectivity index (χ4v) is 2.49. The van der Waals surface area contributed by atoms with E-state index in [2.05, 4.69) is 15.5 Å². The molecular weight excluding hydrogens is 254 g/mol. The zero-order valence-electron chi connectivity index (χ0n) is 10.3. The molecule has 1 aromatic rings. The van der Waals surface area contributed by atoms with Crippen molar-refractivity contribution in [3.8, 4) is 0 Å². The molecule has 0 aromatic carbocycles. The molecule has 1 aromatic heterocycles. The first kappa shape index (κ1) is 13.0. The maximum Gasteiger partial charge on any atom is 0.258 e. The molecule has 1 amide bonds. The summed E-state index contributed by atoms with van der Waals surface area (Å²) < 4.78 is 5.45. The van der Waals surface area contributed by atoms with Gasteiger partial charge in [0, 0.05) is 12.0 Å². The number of ether oxygens (including phenoxy) is 1. The average Bonchev–Trinajstić information content (AvgIpc) is 2.98. The van der Waals surface area contributed by atoms with E-state index in [-0.39, 0.29) is 5.91 Å². The number of nitrogens with one attached hydrogen (secondary N) is 1. The number of hydrogen-bond acceptors (Lipinski definition) is 6. The van der Waals surface area contributed by atoms with Crippen molar-refractivity contribution in [2.75, 3.05) is 11.9 Å². The lowest BCUT2D eigenvalue weighted by Crippen LogP contribution is -2.39. The van der Waals surface area contributed by atoms with E-state index in [1.807, 2.05) is 0 Å². The van der Waals surface area contributed by atoms with Crippen LogP contribution in [0, 0.1) is 0 Å². The van der Waals surface area contributed by atoms with E-state index in [0.717, 1.165) is 6.42 Å². The minimum Gasteiger partial charge on any atom is -0.411 e. The number of amides is 1. The summed E-state index contributed by atoms with van der Waals surface area (Å²) in [4.78, 5) is 16.2. The zero-order chi connectivity index (χ0) is 13.2. The molecule has 0 saturated carbocycles. The molecule has 1 aliphatic rings. The van der Waals surface area contributed by atoms with Crippen molar-refractivity contribution in [2.24, 2.45) is 5.16 Å². The summed E-state index contributed by atoms with van der Waals surface area (Å²) in [6, 6.07) is 0. The van der Waals surface area contributed by atoms with E-state index in [1.165, 1.54) is 11.3 Å². The van der Waals surface area contributed by atoms with Gasteiger partial charge in [-0.25, -0.2) is 4.98 Å². The van der Waals surface area contributed by atoms with Crippen LogP contribution in [0.2, 0.25) is 0 Å². The Labute approximate surface area is 109 Å². The normalized spacial score (nSPS) is 24.2. The van der Waals surface area contributed by atoms with Crippen molar-refractivity contribution in [1.29, 1.82) is 0 Å². The van der Waals surface area contributed by atoms with Crippen LogP contribution in [-0.2, 0) is 9.53 Å². The van der Waals surface area contributed by atoms with E-state index in [9.17, 15) is 4.79 Å². The molecule has 7 heteroatoms. The summed E-state index contributed by atoms with van der Waals surface area (Å²) in [5, 5.41) is 16.6. The first-order valence-electron chi connectivity index (χ1n) is 5.65. The Morgan fingerprint density at radius 3 is 3.11 bits per heavy atom. The lowest BCUT2D eigenvalue weighted by molar-refractivity contribution is -0.133. The Hall–Kier alpha value is -1.47. The Balaban J connectivity index is 2.05. The van der Waals surface area contributed by atoms with Gasteiger partial charge >= 0.3 is 0 Å². The number of rotatable bonds is 3. The van der Waals surface area contributed by atoms with Gasteiger partial charge in [-0.15, -0.1) is 11.3 Å². The van der Waals surface area contributed by atoms with Gasteiger partial charge in [0.2, 0.25) is 0 Å². The lowest BCUT2D eigenvalue weighted by atomic mass is 10.0. The quantitative estimate of drug-likeness (QED) is 0.498. The second-order valence-corrected chi connectivity index (χ2v) is 5.22. The number of aromatic nitrogens is 1. The van der Waals surface area contributed by atoms with Gasteiger partial charge in [0.15, 0.2) is 5.13 Å². The van der Waals surface area contributed by atoms with Crippen LogP contribution >= 0.6 is 11.3 Å². The van der Waals surface area contributed by atoms with E-state index in [0.29, 0.717) is 29.6 Å². The number of thiazole rings is 1. The Morgan fingerprint density at radius 2 is 2.50 bits per heavy atom. The van der Waals surface area contributed by atoms with Gasteiger partial charge in [-0.1, -0.05) is 5.16 Å². The monoisotopic (exact) mass is 269 g/mol. The van der Waals surface area contributed by atoms with Gasteiger partial charge in [0.1, 0.15) is 17.0 Å². The average molecular weight is 269 g/mol. The number of nitrogens with zero attached hydrogens (tertiary/aromatic N) is 2. The van der Waals surface area contributed by atoms with E-state index >= 15 is 0 Å². The van der Waals surface area contributed by atoms with Gasteiger partial charge in [-0.05, 0) is 26.7 Å². The largest absolute Gasteiger partial charge is 0.411 e. The number of anilines is 1. The topological polar surface area (TPSA) is 83.8 Å². The fourth-order valence-electron chi connectivity index (χ4n) is 1.74. The highest BCUT2D eigenvalue weighted by molar-refractivity contribution is 7.14. The van der Waals surface area contributed by atoms with Gasteiger partial charge in [-0.2, -0.15) is 0 Å². The number of hydrogen-bond donors (Lipinski definition) is 2. The summed E-state index contributed by atoms with van der Waals surface area (Å²) in [6.07, 6.45) is 1.61. The Morgan fingerprint density at radius 1 is 1.72 bits per heavy atom. The molecule has 98 valence electrons. The lowest BCUT2D eigenvalue weighted by Gasteiger charge is -2.20. The summed E-state index contributed by atoms with van der Waals surface area (Å²) >= 11 is 1.29. The maximum atomic E-state index is 12.0. The van der Waals surface area contributed by atoms with Gasteiger partial charge in [0.25, 0.3) is 5.91 Å². The van der Waals surface area contributed by atoms with Crippen molar-refractivity contribution >= 4 is 28.1 Å². The van der Waals surface area contributed by atoms with Gasteiger partial charge in [-0.3, -0.25) is 10.1 Å². The maximum absolute atomic E-state index is 12.0. The number of carbonyl (C=O) groups excluding carboxylic acids is 1. The van der Waals surface area contributed by atoms with Crippen molar-refractivity contribution in [2.45, 2.75) is 32.3 Å². The first-order valence-corrected chi connectivity index (χ1v) is 6.53. The molecule has 1 atom stereocenters. The third-order valence-electron chi connectivity index (χ3n) is 2.94. The molecule has 0 aliphatic carbocycles. The van der Waals surface area contributed by atoms with Crippen LogP contribution in [0.1, 0.15) is 32.4 Å². The minimum atomic E-state index is -0.758. The fraction of sp³-hybridized carbons (Fsp3) is 0.545. The summed E-state index contributed by atoms with van der Waals surface area (Å²) in [7, 11) is 0. The molecule has 2 N–H and O–H groups in total. The second-order valence-electron chi connectivity index (χ2n) is 4.36. The summed E-state index contributed by atoms with van der Waals surface area (Å²) in [5.41, 5.74) is 0.205. The molecule has 6 nitrogen and oxygen atoms in total. The highest BCUT2D eigenvalue weighted by Gasteiger charge is 2.38. The van der Waals surface area contributed by atoms with Crippen LogP contribution < -0.4 is 5.32 Å². The standard InChI is InChI=1S/C11H15N3O3S/c1-7(14-16)8-6-18-10(12-8)13-9(15)11(2)4-3-5-17-11/h6,16H,3-5H2,1-2H3,(H,12,13,15). The van der Waals surface area contributed by atoms with E-state index < -0.39 is 5.60 Å². The number of oxime groups is 1. The van der Waals surface area contributed by atoms with Crippen molar-refractivity contribution in [3.05, 3.63) is 11.1 Å². The molecule has 2 heterocycles. The van der Waals surface area contributed by atoms with Crippen LogP contribution in [0.25, 0.3) is 0 Å². The third-order valence-corrected chi connectivity index (χ3v) is 3.70. The molecule has 2 rings (SSSR count). The highest BCUT2D eigenvalue weighted by atomic mass is 32.1. The molecule has 1 aliphatic heterocycles. The summed E-state index contributed by atoms with van der Waals surface area (Å²) in [6.45, 7) is 4.04. The summed E-state index contributed by atoms with van der Waals surface area (Å²) in [5.74, 6) is -0.181. The van der Waals surface area contributed by atoms with Crippen LogP contribution in [0.3, 0.4) is 0 Å². The predicted molar refractivity (Wildman–Crippen MR) is 68.3 cm³/mol. The van der Waals surface area contributed by atoms with Crippen LogP contribution in [-0.4, -0.2) is 34.0 Å². The molecule has 1 fully saturated rings. The molecule has 0 bridgehead atoms.